The Bertz CT molecular complexity index is 1960. The molecule has 6 amide bonds. The highest BCUT2D eigenvalue weighted by atomic mass is 35.5. The van der Waals surface area contributed by atoms with Gasteiger partial charge in [0.15, 0.2) is 0 Å². The van der Waals surface area contributed by atoms with Crippen molar-refractivity contribution in [3.05, 3.63) is 53.6 Å². The number of piperidine rings is 1. The molecule has 3 N–H and O–H groups in total. The standard InChI is InChI=1S/C41H51F3N8O6S.ClH/c1-25-22-49(23-26(2)50(25)24-36(54)47-29-8-5-7-28(19-29)46-34-15-16-35(53)48-37(34)55)17-6-18-58-31-12-10-30(11-13-31)51-39(57)52(38(56)40(51,3)4)59-32-14-9-27(21-45)33(20-32)41(42,43)44;/h5,7-9,14,19-20,25-26,30-31,34,46H,6,10-13,15-18,22-24H2,1-4H3,(H,47,54)(H,48,53,55);1H/t25-,26+,30?,31?,34?;. The molecule has 4 aliphatic rings. The van der Waals surface area contributed by atoms with Crippen molar-refractivity contribution in [3.63, 3.8) is 0 Å². The highest BCUT2D eigenvalue weighted by Gasteiger charge is 2.55. The molecule has 3 heterocycles. The summed E-state index contributed by atoms with van der Waals surface area (Å²) >= 11 is 0.636. The molecular weight excluding hydrogens is 825 g/mol. The molecule has 326 valence electrons. The number of nitrogens with zero attached hydrogens (tertiary/aromatic N) is 5. The molecule has 14 nitrogen and oxygen atoms in total. The van der Waals surface area contributed by atoms with Crippen molar-refractivity contribution >= 4 is 65.4 Å². The molecule has 0 radical (unpaired) electrons. The number of carbonyl (C=O) groups excluding carboxylic acids is 5. The zero-order chi connectivity index (χ0) is 42.6. The maximum atomic E-state index is 13.6. The monoisotopic (exact) mass is 876 g/mol. The molecule has 2 aromatic carbocycles. The lowest BCUT2D eigenvalue weighted by atomic mass is 9.89. The van der Waals surface area contributed by atoms with Gasteiger partial charge in [-0.15, -0.1) is 12.4 Å². The number of hydrogen-bond acceptors (Lipinski definition) is 11. The van der Waals surface area contributed by atoms with Crippen LogP contribution in [-0.4, -0.2) is 117 Å². The molecule has 1 unspecified atom stereocenters. The van der Waals surface area contributed by atoms with Crippen LogP contribution < -0.4 is 16.0 Å². The van der Waals surface area contributed by atoms with Crippen molar-refractivity contribution in [1.82, 2.24) is 24.3 Å². The highest BCUT2D eigenvalue weighted by Crippen LogP contribution is 2.42. The van der Waals surface area contributed by atoms with Gasteiger partial charge in [-0.2, -0.15) is 22.7 Å². The molecule has 3 saturated heterocycles. The van der Waals surface area contributed by atoms with E-state index in [1.54, 1.807) is 43.0 Å². The number of nitriles is 1. The second-order valence-electron chi connectivity index (χ2n) is 16.3. The fraction of sp³-hybridized carbons (Fsp3) is 0.561. The predicted molar refractivity (Wildman–Crippen MR) is 221 cm³/mol. The van der Waals surface area contributed by atoms with E-state index in [0.29, 0.717) is 62.0 Å². The van der Waals surface area contributed by atoms with E-state index in [1.807, 2.05) is 6.07 Å². The fourth-order valence-electron chi connectivity index (χ4n) is 8.54. The summed E-state index contributed by atoms with van der Waals surface area (Å²) in [5.41, 5.74) is -1.56. The van der Waals surface area contributed by atoms with Gasteiger partial charge in [-0.1, -0.05) is 6.07 Å². The van der Waals surface area contributed by atoms with Gasteiger partial charge in [0.1, 0.15) is 11.6 Å². The van der Waals surface area contributed by atoms with Crippen LogP contribution in [-0.2, 0) is 30.1 Å². The van der Waals surface area contributed by atoms with Gasteiger partial charge in [-0.25, -0.2) is 4.79 Å². The van der Waals surface area contributed by atoms with Crippen molar-refractivity contribution < 1.29 is 41.9 Å². The molecule has 2 aromatic rings. The summed E-state index contributed by atoms with van der Waals surface area (Å²) < 4.78 is 47.9. The molecule has 4 fully saturated rings. The molecule has 6 rings (SSSR count). The summed E-state index contributed by atoms with van der Waals surface area (Å²) in [6.45, 7) is 10.8. The molecule has 0 aromatic heterocycles. The van der Waals surface area contributed by atoms with E-state index in [9.17, 15) is 37.1 Å². The topological polar surface area (TPSA) is 167 Å². The Kier molecular flexibility index (Phi) is 15.2. The lowest BCUT2D eigenvalue weighted by Crippen LogP contribution is -2.58. The number of carbonyl (C=O) groups is 5. The van der Waals surface area contributed by atoms with E-state index in [2.05, 4.69) is 39.6 Å². The summed E-state index contributed by atoms with van der Waals surface area (Å²) in [6.07, 6.45) is -0.614. The molecule has 1 aliphatic carbocycles. The molecule has 60 heavy (non-hydrogen) atoms. The van der Waals surface area contributed by atoms with Crippen LogP contribution in [0.4, 0.5) is 29.3 Å². The summed E-state index contributed by atoms with van der Waals surface area (Å²) in [6, 6.07) is 10.8. The largest absolute Gasteiger partial charge is 0.417 e. The van der Waals surface area contributed by atoms with Crippen LogP contribution in [0.1, 0.15) is 83.8 Å². The van der Waals surface area contributed by atoms with E-state index < -0.39 is 40.8 Å². The molecule has 1 saturated carbocycles. The normalized spacial score (nSPS) is 25.1. The predicted octanol–water partition coefficient (Wildman–Crippen LogP) is 6.02. The minimum atomic E-state index is -4.76. The second-order valence-corrected chi connectivity index (χ2v) is 17.3. The van der Waals surface area contributed by atoms with Crippen molar-refractivity contribution in [3.8, 4) is 6.07 Å². The Labute approximate surface area is 358 Å². The Morgan fingerprint density at radius 2 is 1.68 bits per heavy atom. The van der Waals surface area contributed by atoms with E-state index in [1.165, 1.54) is 6.07 Å². The van der Waals surface area contributed by atoms with Crippen LogP contribution in [0.3, 0.4) is 0 Å². The van der Waals surface area contributed by atoms with Crippen molar-refractivity contribution in [1.29, 1.82) is 5.26 Å². The first-order valence-electron chi connectivity index (χ1n) is 20.0. The van der Waals surface area contributed by atoms with E-state index in [4.69, 9.17) is 10.00 Å². The first-order valence-corrected chi connectivity index (χ1v) is 20.8. The van der Waals surface area contributed by atoms with Gasteiger partial charge in [-0.3, -0.25) is 29.4 Å². The average Bonchev–Trinajstić information content (AvgIpc) is 3.34. The zero-order valence-corrected chi connectivity index (χ0v) is 35.7. The number of urea groups is 1. The Hall–Kier alpha value is -4.41. The van der Waals surface area contributed by atoms with Gasteiger partial charge < -0.3 is 25.2 Å². The number of hydrogen-bond donors (Lipinski definition) is 3. The number of benzene rings is 2. The summed E-state index contributed by atoms with van der Waals surface area (Å²) in [5.74, 6) is -1.29. The molecule has 19 heteroatoms. The number of rotatable bonds is 13. The smallest absolute Gasteiger partial charge is 0.378 e. The number of anilines is 2. The maximum absolute atomic E-state index is 13.6. The van der Waals surface area contributed by atoms with Crippen LogP contribution in [0.2, 0.25) is 0 Å². The van der Waals surface area contributed by atoms with Gasteiger partial charge >= 0.3 is 12.2 Å². The van der Waals surface area contributed by atoms with Gasteiger partial charge in [0, 0.05) is 67.1 Å². The number of piperazine rings is 1. The van der Waals surface area contributed by atoms with Crippen LogP contribution in [0.5, 0.6) is 0 Å². The van der Waals surface area contributed by atoms with Crippen LogP contribution in [0, 0.1) is 11.3 Å². The number of nitrogens with one attached hydrogen (secondary N) is 3. The zero-order valence-electron chi connectivity index (χ0n) is 34.0. The third kappa shape index (κ3) is 10.9. The molecule has 3 atom stereocenters. The maximum Gasteiger partial charge on any atom is 0.417 e. The molecule has 0 spiro atoms. The summed E-state index contributed by atoms with van der Waals surface area (Å²) in [7, 11) is 0. The molecular formula is C41H52ClF3N8O6S. The number of alkyl halides is 3. The van der Waals surface area contributed by atoms with Crippen molar-refractivity contribution in [2.24, 2.45) is 0 Å². The first kappa shape index (κ1) is 46.7. The quantitative estimate of drug-likeness (QED) is 0.0933. The Morgan fingerprint density at radius 3 is 2.33 bits per heavy atom. The summed E-state index contributed by atoms with van der Waals surface area (Å²) in [5, 5.41) is 17.6. The van der Waals surface area contributed by atoms with E-state index >= 15 is 0 Å². The van der Waals surface area contributed by atoms with Crippen LogP contribution in [0.15, 0.2) is 47.4 Å². The summed E-state index contributed by atoms with van der Waals surface area (Å²) in [4.78, 5) is 69.9. The molecule has 0 bridgehead atoms. The Balaban J connectivity index is 0.00000683. The van der Waals surface area contributed by atoms with Gasteiger partial charge in [-0.05, 0) is 115 Å². The Morgan fingerprint density at radius 1 is 1.00 bits per heavy atom. The molecule has 3 aliphatic heterocycles. The van der Waals surface area contributed by atoms with E-state index in [-0.39, 0.29) is 72.2 Å². The lowest BCUT2D eigenvalue weighted by molar-refractivity contribution is -0.138. The average molecular weight is 877 g/mol. The minimum absolute atomic E-state index is 0. The van der Waals surface area contributed by atoms with Crippen LogP contribution >= 0.6 is 24.4 Å². The highest BCUT2D eigenvalue weighted by molar-refractivity contribution is 7.98. The second kappa shape index (κ2) is 19.5. The van der Waals surface area contributed by atoms with E-state index in [0.717, 1.165) is 42.5 Å². The number of ether oxygens (including phenoxy) is 1. The minimum Gasteiger partial charge on any atom is -0.378 e. The van der Waals surface area contributed by atoms with Gasteiger partial charge in [0.05, 0.1) is 29.8 Å². The number of imide groups is 2. The lowest BCUT2D eigenvalue weighted by Gasteiger charge is -2.44. The van der Waals surface area contributed by atoms with Gasteiger partial charge in [0.2, 0.25) is 17.7 Å². The third-order valence-corrected chi connectivity index (χ3v) is 12.5. The van der Waals surface area contributed by atoms with Crippen LogP contribution in [0.25, 0.3) is 0 Å². The SMILES string of the molecule is C[C@@H]1CN(CCCOC2CCC(N3C(=O)N(Sc4ccc(C#N)c(C(F)(F)F)c4)C(=O)C3(C)C)CC2)C[C@H](C)N1CC(=O)Nc1cccc(NC2CCC(=O)NC2=O)c1.Cl. The third-order valence-electron chi connectivity index (χ3n) is 11.5. The fourth-order valence-corrected chi connectivity index (χ4v) is 9.52. The number of amides is 6. The first-order chi connectivity index (χ1) is 27.9. The van der Waals surface area contributed by atoms with Crippen molar-refractivity contribution in [2.45, 2.75) is 120 Å². The van der Waals surface area contributed by atoms with Gasteiger partial charge in [0.25, 0.3) is 5.91 Å². The van der Waals surface area contributed by atoms with Crippen molar-refractivity contribution in [2.75, 3.05) is 43.4 Å². The number of halogens is 4.